The van der Waals surface area contributed by atoms with Crippen LogP contribution in [0.3, 0.4) is 0 Å². The SMILES string of the molecule is CC(C)c1ccc(-c2ccc(N(C)C)cc2)c(F)c1. The Morgan fingerprint density at radius 3 is 2.05 bits per heavy atom. The number of rotatable bonds is 3. The molecule has 2 aromatic rings. The van der Waals surface area contributed by atoms with Gasteiger partial charge in [-0.2, -0.15) is 0 Å². The first-order valence-corrected chi connectivity index (χ1v) is 6.56. The zero-order valence-corrected chi connectivity index (χ0v) is 11.9. The van der Waals surface area contributed by atoms with E-state index in [9.17, 15) is 4.39 Å². The summed E-state index contributed by atoms with van der Waals surface area (Å²) in [6.45, 7) is 4.14. The van der Waals surface area contributed by atoms with Gasteiger partial charge in [-0.3, -0.25) is 0 Å². The maximum Gasteiger partial charge on any atom is 0.131 e. The number of benzene rings is 2. The summed E-state index contributed by atoms with van der Waals surface area (Å²) in [6.07, 6.45) is 0. The Bertz CT molecular complexity index is 556. The molecule has 0 aliphatic carbocycles. The second-order valence-electron chi connectivity index (χ2n) is 5.34. The lowest BCUT2D eigenvalue weighted by Crippen LogP contribution is -2.07. The molecule has 0 saturated carbocycles. The Hall–Kier alpha value is -1.83. The molecule has 0 amide bonds. The van der Waals surface area contributed by atoms with Gasteiger partial charge in [0.05, 0.1) is 0 Å². The number of anilines is 1. The molecule has 0 N–H and O–H groups in total. The Balaban J connectivity index is 2.36. The average molecular weight is 257 g/mol. The zero-order chi connectivity index (χ0) is 14.0. The van der Waals surface area contributed by atoms with Gasteiger partial charge in [-0.05, 0) is 35.2 Å². The third-order valence-corrected chi connectivity index (χ3v) is 3.35. The summed E-state index contributed by atoms with van der Waals surface area (Å²) in [4.78, 5) is 2.03. The van der Waals surface area contributed by atoms with Crippen molar-refractivity contribution in [1.29, 1.82) is 0 Å². The Kier molecular flexibility index (Phi) is 3.89. The molecule has 0 saturated heterocycles. The smallest absolute Gasteiger partial charge is 0.131 e. The van der Waals surface area contributed by atoms with E-state index >= 15 is 0 Å². The second kappa shape index (κ2) is 5.43. The van der Waals surface area contributed by atoms with Gasteiger partial charge in [0.15, 0.2) is 0 Å². The van der Waals surface area contributed by atoms with Crippen molar-refractivity contribution in [2.45, 2.75) is 19.8 Å². The monoisotopic (exact) mass is 257 g/mol. The Labute approximate surface area is 114 Å². The third-order valence-electron chi connectivity index (χ3n) is 3.35. The number of hydrogen-bond acceptors (Lipinski definition) is 1. The lowest BCUT2D eigenvalue weighted by atomic mass is 9.98. The van der Waals surface area contributed by atoms with E-state index < -0.39 is 0 Å². The van der Waals surface area contributed by atoms with Gasteiger partial charge in [0, 0.05) is 25.3 Å². The molecule has 0 aliphatic rings. The van der Waals surface area contributed by atoms with Crippen LogP contribution in [0.2, 0.25) is 0 Å². The summed E-state index contributed by atoms with van der Waals surface area (Å²) in [5, 5.41) is 0. The van der Waals surface area contributed by atoms with E-state index in [0.29, 0.717) is 11.5 Å². The van der Waals surface area contributed by atoms with E-state index in [1.54, 1.807) is 6.07 Å². The van der Waals surface area contributed by atoms with Crippen molar-refractivity contribution < 1.29 is 4.39 Å². The number of hydrogen-bond donors (Lipinski definition) is 0. The fourth-order valence-electron chi connectivity index (χ4n) is 2.06. The van der Waals surface area contributed by atoms with Crippen molar-refractivity contribution in [3.05, 3.63) is 53.8 Å². The standard InChI is InChI=1S/C17H20FN/c1-12(2)14-7-10-16(17(18)11-14)13-5-8-15(9-6-13)19(3)4/h5-12H,1-4H3. The van der Waals surface area contributed by atoms with Gasteiger partial charge in [0.25, 0.3) is 0 Å². The highest BCUT2D eigenvalue weighted by Gasteiger charge is 2.08. The maximum absolute atomic E-state index is 14.1. The molecule has 0 heterocycles. The van der Waals surface area contributed by atoms with Crippen molar-refractivity contribution in [3.63, 3.8) is 0 Å². The zero-order valence-electron chi connectivity index (χ0n) is 11.9. The van der Waals surface area contributed by atoms with Crippen LogP contribution in [0.25, 0.3) is 11.1 Å². The van der Waals surface area contributed by atoms with Crippen LogP contribution in [0.4, 0.5) is 10.1 Å². The molecule has 0 fully saturated rings. The lowest BCUT2D eigenvalue weighted by molar-refractivity contribution is 0.627. The first-order chi connectivity index (χ1) is 8.99. The molecule has 0 atom stereocenters. The molecule has 19 heavy (non-hydrogen) atoms. The minimum absolute atomic E-state index is 0.149. The quantitative estimate of drug-likeness (QED) is 0.771. The summed E-state index contributed by atoms with van der Waals surface area (Å²) in [5.41, 5.74) is 3.72. The molecule has 0 bridgehead atoms. The molecular formula is C17H20FN. The van der Waals surface area contributed by atoms with Crippen molar-refractivity contribution in [1.82, 2.24) is 0 Å². The van der Waals surface area contributed by atoms with Crippen molar-refractivity contribution in [2.24, 2.45) is 0 Å². The van der Waals surface area contributed by atoms with Gasteiger partial charge in [0.1, 0.15) is 5.82 Å². The molecule has 0 unspecified atom stereocenters. The van der Waals surface area contributed by atoms with Gasteiger partial charge >= 0.3 is 0 Å². The predicted molar refractivity (Wildman–Crippen MR) is 80.3 cm³/mol. The second-order valence-corrected chi connectivity index (χ2v) is 5.34. The first kappa shape index (κ1) is 13.6. The minimum Gasteiger partial charge on any atom is -0.378 e. The molecular weight excluding hydrogens is 237 g/mol. The highest BCUT2D eigenvalue weighted by atomic mass is 19.1. The first-order valence-electron chi connectivity index (χ1n) is 6.56. The molecule has 0 radical (unpaired) electrons. The van der Waals surface area contributed by atoms with Crippen molar-refractivity contribution in [2.75, 3.05) is 19.0 Å². The van der Waals surface area contributed by atoms with Gasteiger partial charge in [0.2, 0.25) is 0 Å². The Morgan fingerprint density at radius 2 is 1.58 bits per heavy atom. The lowest BCUT2D eigenvalue weighted by Gasteiger charge is -2.13. The molecule has 2 rings (SSSR count). The van der Waals surface area contributed by atoms with Crippen LogP contribution < -0.4 is 4.90 Å². The van der Waals surface area contributed by atoms with Gasteiger partial charge in [-0.1, -0.05) is 38.1 Å². The average Bonchev–Trinajstić information content (AvgIpc) is 2.38. The highest BCUT2D eigenvalue weighted by molar-refractivity contribution is 5.67. The van der Waals surface area contributed by atoms with E-state index in [4.69, 9.17) is 0 Å². The maximum atomic E-state index is 14.1. The summed E-state index contributed by atoms with van der Waals surface area (Å²) >= 11 is 0. The summed E-state index contributed by atoms with van der Waals surface area (Å²) < 4.78 is 14.1. The van der Waals surface area contributed by atoms with E-state index in [1.807, 2.05) is 55.4 Å². The number of halogens is 1. The van der Waals surface area contributed by atoms with Crippen LogP contribution in [0, 0.1) is 5.82 Å². The number of nitrogens with zero attached hydrogens (tertiary/aromatic N) is 1. The van der Waals surface area contributed by atoms with Crippen LogP contribution in [-0.2, 0) is 0 Å². The molecule has 100 valence electrons. The fraction of sp³-hybridized carbons (Fsp3) is 0.294. The topological polar surface area (TPSA) is 3.24 Å². The van der Waals surface area contributed by atoms with Crippen LogP contribution in [0.15, 0.2) is 42.5 Å². The summed E-state index contributed by atoms with van der Waals surface area (Å²) in [6, 6.07) is 13.4. The van der Waals surface area contributed by atoms with E-state index in [1.165, 1.54) is 0 Å². The molecule has 0 aromatic heterocycles. The Morgan fingerprint density at radius 1 is 0.947 bits per heavy atom. The molecule has 0 spiro atoms. The predicted octanol–water partition coefficient (Wildman–Crippen LogP) is 4.68. The normalized spacial score (nSPS) is 10.8. The summed E-state index contributed by atoms with van der Waals surface area (Å²) in [7, 11) is 3.99. The minimum atomic E-state index is -0.149. The fourth-order valence-corrected chi connectivity index (χ4v) is 2.06. The molecule has 0 aliphatic heterocycles. The molecule has 2 aromatic carbocycles. The highest BCUT2D eigenvalue weighted by Crippen LogP contribution is 2.27. The van der Waals surface area contributed by atoms with Gasteiger partial charge in [-0.15, -0.1) is 0 Å². The molecule has 1 nitrogen and oxygen atoms in total. The van der Waals surface area contributed by atoms with E-state index in [2.05, 4.69) is 13.8 Å². The van der Waals surface area contributed by atoms with Crippen molar-refractivity contribution >= 4 is 5.69 Å². The molecule has 2 heteroatoms. The van der Waals surface area contributed by atoms with E-state index in [0.717, 1.165) is 16.8 Å². The van der Waals surface area contributed by atoms with Crippen LogP contribution in [0.1, 0.15) is 25.3 Å². The van der Waals surface area contributed by atoms with E-state index in [-0.39, 0.29) is 5.82 Å². The van der Waals surface area contributed by atoms with Crippen molar-refractivity contribution in [3.8, 4) is 11.1 Å². The van der Waals surface area contributed by atoms with Gasteiger partial charge < -0.3 is 4.90 Å². The summed E-state index contributed by atoms with van der Waals surface area (Å²) in [5.74, 6) is 0.198. The third kappa shape index (κ3) is 2.95. The van der Waals surface area contributed by atoms with Gasteiger partial charge in [-0.25, -0.2) is 4.39 Å². The van der Waals surface area contributed by atoms with Crippen LogP contribution in [-0.4, -0.2) is 14.1 Å². The van der Waals surface area contributed by atoms with Crippen LogP contribution >= 0.6 is 0 Å². The van der Waals surface area contributed by atoms with Crippen LogP contribution in [0.5, 0.6) is 0 Å². The largest absolute Gasteiger partial charge is 0.378 e.